The smallest absolute Gasteiger partial charge is 0.348 e. The third-order valence-corrected chi connectivity index (χ3v) is 4.73. The Bertz CT molecular complexity index is 851. The van der Waals surface area contributed by atoms with E-state index in [1.807, 2.05) is 0 Å². The molecule has 1 aromatic heterocycles. The lowest BCUT2D eigenvalue weighted by atomic mass is 10.1. The number of thiophene rings is 1. The largest absolute Gasteiger partial charge is 0.465 e. The van der Waals surface area contributed by atoms with Gasteiger partial charge in [-0.1, -0.05) is 12.1 Å². The predicted octanol–water partition coefficient (Wildman–Crippen LogP) is 3.08. The van der Waals surface area contributed by atoms with Gasteiger partial charge in [-0.3, -0.25) is 9.59 Å². The van der Waals surface area contributed by atoms with E-state index in [1.54, 1.807) is 42.5 Å². The number of carbonyl (C=O) groups is 3. The molecule has 0 atom stereocenters. The number of esters is 1. The van der Waals surface area contributed by atoms with Gasteiger partial charge in [0.05, 0.1) is 12.1 Å². The second-order valence-electron chi connectivity index (χ2n) is 5.85. The van der Waals surface area contributed by atoms with Crippen LogP contribution in [0.2, 0.25) is 0 Å². The molecule has 0 bridgehead atoms. The summed E-state index contributed by atoms with van der Waals surface area (Å²) in [6, 6.07) is 10.6. The number of hydrogen-bond donors (Lipinski definition) is 2. The molecule has 1 saturated carbocycles. The molecule has 0 spiro atoms. The minimum absolute atomic E-state index is 0.0696. The Hall–Kier alpha value is -2.93. The summed E-state index contributed by atoms with van der Waals surface area (Å²) in [7, 11) is 1.31. The normalized spacial score (nSPS) is 13.4. The quantitative estimate of drug-likeness (QED) is 0.605. The minimum Gasteiger partial charge on any atom is -0.465 e. The van der Waals surface area contributed by atoms with Crippen molar-refractivity contribution in [3.05, 3.63) is 58.5 Å². The first-order chi connectivity index (χ1) is 12.5. The van der Waals surface area contributed by atoms with Crippen molar-refractivity contribution in [2.24, 2.45) is 0 Å². The van der Waals surface area contributed by atoms with Gasteiger partial charge in [0.1, 0.15) is 4.88 Å². The molecule has 1 aromatic carbocycles. The number of hydrogen-bond acceptors (Lipinski definition) is 5. The van der Waals surface area contributed by atoms with Crippen molar-refractivity contribution in [2.75, 3.05) is 12.4 Å². The van der Waals surface area contributed by atoms with Gasteiger partial charge < -0.3 is 15.4 Å². The highest BCUT2D eigenvalue weighted by Crippen LogP contribution is 2.22. The molecule has 1 aliphatic carbocycles. The van der Waals surface area contributed by atoms with Gasteiger partial charge in [-0.05, 0) is 48.7 Å². The maximum absolute atomic E-state index is 12.0. The van der Waals surface area contributed by atoms with E-state index in [0.29, 0.717) is 21.5 Å². The lowest BCUT2D eigenvalue weighted by Gasteiger charge is -2.03. The zero-order valence-corrected chi connectivity index (χ0v) is 15.0. The molecule has 1 aliphatic rings. The Kier molecular flexibility index (Phi) is 5.48. The maximum atomic E-state index is 12.0. The van der Waals surface area contributed by atoms with Crippen LogP contribution in [0.4, 0.5) is 5.00 Å². The molecular formula is C19H18N2O4S. The Labute approximate surface area is 154 Å². The number of anilines is 1. The summed E-state index contributed by atoms with van der Waals surface area (Å²) >= 11 is 1.15. The van der Waals surface area contributed by atoms with Crippen LogP contribution in [-0.4, -0.2) is 30.9 Å². The van der Waals surface area contributed by atoms with E-state index >= 15 is 0 Å². The summed E-state index contributed by atoms with van der Waals surface area (Å²) < 4.78 is 4.63. The zero-order chi connectivity index (χ0) is 18.5. The van der Waals surface area contributed by atoms with E-state index < -0.39 is 5.97 Å². The van der Waals surface area contributed by atoms with Crippen LogP contribution >= 0.6 is 11.3 Å². The number of benzene rings is 1. The zero-order valence-electron chi connectivity index (χ0n) is 14.2. The molecular weight excluding hydrogens is 352 g/mol. The molecule has 6 nitrogen and oxygen atoms in total. The molecule has 0 unspecified atom stereocenters. The molecule has 0 radical (unpaired) electrons. The van der Waals surface area contributed by atoms with Crippen LogP contribution in [0.5, 0.6) is 0 Å². The lowest BCUT2D eigenvalue weighted by Crippen LogP contribution is -2.25. The molecule has 2 aromatic rings. The van der Waals surface area contributed by atoms with Gasteiger partial charge in [0.2, 0.25) is 5.91 Å². The van der Waals surface area contributed by atoms with E-state index in [1.165, 1.54) is 13.2 Å². The maximum Gasteiger partial charge on any atom is 0.348 e. The van der Waals surface area contributed by atoms with Crippen molar-refractivity contribution >= 4 is 40.2 Å². The Balaban J connectivity index is 1.55. The highest BCUT2D eigenvalue weighted by molar-refractivity contribution is 7.18. The second kappa shape index (κ2) is 7.97. The van der Waals surface area contributed by atoms with Crippen LogP contribution in [0.25, 0.3) is 6.08 Å². The van der Waals surface area contributed by atoms with Crippen molar-refractivity contribution in [1.82, 2.24) is 5.32 Å². The first-order valence-electron chi connectivity index (χ1n) is 8.13. The Morgan fingerprint density at radius 3 is 2.50 bits per heavy atom. The topological polar surface area (TPSA) is 84.5 Å². The van der Waals surface area contributed by atoms with E-state index in [-0.39, 0.29) is 11.8 Å². The highest BCUT2D eigenvalue weighted by atomic mass is 32.1. The van der Waals surface area contributed by atoms with Crippen LogP contribution in [-0.2, 0) is 9.53 Å². The Morgan fingerprint density at radius 1 is 1.12 bits per heavy atom. The van der Waals surface area contributed by atoms with Crippen LogP contribution < -0.4 is 10.6 Å². The van der Waals surface area contributed by atoms with E-state index in [4.69, 9.17) is 0 Å². The van der Waals surface area contributed by atoms with Crippen LogP contribution in [0, 0.1) is 0 Å². The third kappa shape index (κ3) is 4.80. The summed E-state index contributed by atoms with van der Waals surface area (Å²) in [6.45, 7) is 0. The van der Waals surface area contributed by atoms with Crippen molar-refractivity contribution in [3.63, 3.8) is 0 Å². The van der Waals surface area contributed by atoms with Gasteiger partial charge in [0.15, 0.2) is 0 Å². The van der Waals surface area contributed by atoms with E-state index in [0.717, 1.165) is 29.7 Å². The molecule has 2 N–H and O–H groups in total. The third-order valence-electron chi connectivity index (χ3n) is 3.75. The van der Waals surface area contributed by atoms with E-state index in [9.17, 15) is 14.4 Å². The summed E-state index contributed by atoms with van der Waals surface area (Å²) in [5.74, 6) is -0.810. The van der Waals surface area contributed by atoms with Crippen molar-refractivity contribution < 1.29 is 19.1 Å². The molecule has 7 heteroatoms. The predicted molar refractivity (Wildman–Crippen MR) is 100 cm³/mol. The number of carbonyl (C=O) groups excluding carboxylic acids is 3. The average molecular weight is 370 g/mol. The standard InChI is InChI=1S/C19H18N2O4S/c1-25-19(24)15-9-11-17(26-15)21-16(22)10-4-12-2-5-13(6-3-12)18(23)20-14-7-8-14/h2-6,9-11,14H,7-8H2,1H3,(H,20,23)(H,21,22)/b10-4+. The number of rotatable bonds is 6. The summed E-state index contributed by atoms with van der Waals surface area (Å²) in [6.07, 6.45) is 5.16. The van der Waals surface area contributed by atoms with Crippen molar-refractivity contribution in [1.29, 1.82) is 0 Å². The number of methoxy groups -OCH3 is 1. The minimum atomic E-state index is -0.433. The first-order valence-corrected chi connectivity index (χ1v) is 8.95. The molecule has 3 rings (SSSR count). The Morgan fingerprint density at radius 2 is 1.85 bits per heavy atom. The lowest BCUT2D eigenvalue weighted by molar-refractivity contribution is -0.111. The van der Waals surface area contributed by atoms with Gasteiger partial charge in [-0.25, -0.2) is 4.79 Å². The van der Waals surface area contributed by atoms with Crippen LogP contribution in [0.3, 0.4) is 0 Å². The second-order valence-corrected chi connectivity index (χ2v) is 6.93. The van der Waals surface area contributed by atoms with Gasteiger partial charge in [0, 0.05) is 17.7 Å². The number of ether oxygens (including phenoxy) is 1. The van der Waals surface area contributed by atoms with Gasteiger partial charge in [-0.15, -0.1) is 11.3 Å². The summed E-state index contributed by atoms with van der Waals surface area (Å²) in [4.78, 5) is 35.7. The monoisotopic (exact) mass is 370 g/mol. The SMILES string of the molecule is COC(=O)c1ccc(NC(=O)/C=C/c2ccc(C(=O)NC3CC3)cc2)s1. The van der Waals surface area contributed by atoms with Gasteiger partial charge in [0.25, 0.3) is 5.91 Å². The van der Waals surface area contributed by atoms with Crippen molar-refractivity contribution in [3.8, 4) is 0 Å². The average Bonchev–Trinajstić information content (AvgIpc) is 3.34. The van der Waals surface area contributed by atoms with Crippen molar-refractivity contribution in [2.45, 2.75) is 18.9 Å². The highest BCUT2D eigenvalue weighted by Gasteiger charge is 2.23. The number of amides is 2. The van der Waals surface area contributed by atoms with Crippen LogP contribution in [0.15, 0.2) is 42.5 Å². The molecule has 0 aliphatic heterocycles. The van der Waals surface area contributed by atoms with Gasteiger partial charge >= 0.3 is 5.97 Å². The summed E-state index contributed by atoms with van der Waals surface area (Å²) in [5.41, 5.74) is 1.41. The summed E-state index contributed by atoms with van der Waals surface area (Å²) in [5, 5.41) is 6.18. The fourth-order valence-electron chi connectivity index (χ4n) is 2.19. The fourth-order valence-corrected chi connectivity index (χ4v) is 3.02. The van der Waals surface area contributed by atoms with Crippen LogP contribution in [0.1, 0.15) is 38.4 Å². The fraction of sp³-hybridized carbons (Fsp3) is 0.211. The molecule has 0 saturated heterocycles. The first kappa shape index (κ1) is 17.9. The van der Waals surface area contributed by atoms with E-state index in [2.05, 4.69) is 15.4 Å². The number of nitrogens with one attached hydrogen (secondary N) is 2. The molecule has 134 valence electrons. The van der Waals surface area contributed by atoms with Gasteiger partial charge in [-0.2, -0.15) is 0 Å². The molecule has 1 fully saturated rings. The molecule has 26 heavy (non-hydrogen) atoms. The molecule has 1 heterocycles. The molecule has 2 amide bonds.